The van der Waals surface area contributed by atoms with Crippen LogP contribution in [0.15, 0.2) is 84.2 Å². The highest BCUT2D eigenvalue weighted by atomic mass is 32.1. The van der Waals surface area contributed by atoms with Crippen LogP contribution in [0.5, 0.6) is 5.75 Å². The van der Waals surface area contributed by atoms with Crippen LogP contribution in [0.25, 0.3) is 0 Å². The zero-order valence-electron chi connectivity index (χ0n) is 19.5. The minimum absolute atomic E-state index is 0.0763. The van der Waals surface area contributed by atoms with Crippen molar-refractivity contribution in [2.75, 3.05) is 5.32 Å². The number of rotatable bonds is 6. The van der Waals surface area contributed by atoms with Gasteiger partial charge in [-0.05, 0) is 30.2 Å². The molecule has 3 aliphatic carbocycles. The second-order valence-electron chi connectivity index (χ2n) is 9.52. The van der Waals surface area contributed by atoms with Crippen LogP contribution >= 0.6 is 11.3 Å². The van der Waals surface area contributed by atoms with Gasteiger partial charge in [0.15, 0.2) is 5.13 Å². The van der Waals surface area contributed by atoms with Gasteiger partial charge in [-0.2, -0.15) is 0 Å². The molecule has 8 heteroatoms. The van der Waals surface area contributed by atoms with E-state index in [1.54, 1.807) is 0 Å². The average molecular weight is 498 g/mol. The maximum absolute atomic E-state index is 13.9. The maximum Gasteiger partial charge on any atom is 0.273 e. The summed E-state index contributed by atoms with van der Waals surface area (Å²) < 4.78 is 5.76. The summed E-state index contributed by atoms with van der Waals surface area (Å²) in [7, 11) is 0. The molecule has 1 N–H and O–H groups in total. The number of carbonyl (C=O) groups is 1. The highest BCUT2D eigenvalue weighted by Gasteiger charge is 2.67. The molecule has 1 amide bonds. The molecule has 36 heavy (non-hydrogen) atoms. The molecule has 7 rings (SSSR count). The number of para-hydroxylation sites is 1. The number of amides is 1. The summed E-state index contributed by atoms with van der Waals surface area (Å²) in [6.07, 6.45) is 0.0763. The predicted octanol–water partition coefficient (Wildman–Crippen LogP) is 5.74. The third kappa shape index (κ3) is 3.25. The number of anilines is 1. The zero-order chi connectivity index (χ0) is 24.9. The summed E-state index contributed by atoms with van der Waals surface area (Å²) in [5.41, 5.74) is 1.22. The van der Waals surface area contributed by atoms with E-state index in [0.29, 0.717) is 22.0 Å². The topological polar surface area (TPSA) is 94.4 Å². The van der Waals surface area contributed by atoms with Crippen LogP contribution in [0.1, 0.15) is 47.2 Å². The molecule has 1 heterocycles. The largest absolute Gasteiger partial charge is 0.487 e. The van der Waals surface area contributed by atoms with Crippen LogP contribution < -0.4 is 10.1 Å². The van der Waals surface area contributed by atoms with E-state index in [1.165, 1.54) is 11.3 Å². The fourth-order valence-corrected chi connectivity index (χ4v) is 6.58. The van der Waals surface area contributed by atoms with E-state index in [4.69, 9.17) is 4.74 Å². The van der Waals surface area contributed by atoms with Crippen LogP contribution in [0.3, 0.4) is 0 Å². The van der Waals surface area contributed by atoms with Gasteiger partial charge in [0.2, 0.25) is 5.91 Å². The molecule has 1 atom stereocenters. The van der Waals surface area contributed by atoms with Crippen molar-refractivity contribution in [1.82, 2.24) is 4.98 Å². The summed E-state index contributed by atoms with van der Waals surface area (Å²) >= 11 is 1.32. The van der Waals surface area contributed by atoms with Crippen LogP contribution in [0, 0.1) is 15.5 Å². The van der Waals surface area contributed by atoms with Gasteiger partial charge in [0.1, 0.15) is 12.4 Å². The number of aromatic nitrogens is 1. The van der Waals surface area contributed by atoms with Crippen molar-refractivity contribution in [1.29, 1.82) is 0 Å². The molecule has 7 nitrogen and oxygen atoms in total. The number of nitrogens with one attached hydrogen (secondary N) is 1. The Hall–Kier alpha value is -4.04. The second-order valence-corrected chi connectivity index (χ2v) is 10.4. The second kappa shape index (κ2) is 8.27. The Labute approximate surface area is 211 Å². The fraction of sp³-hybridized carbons (Fsp3) is 0.214. The molecular formula is C28H23N3O4S. The molecule has 3 aliphatic rings. The standard InChI is InChI=1S/C28H23N3O4S/c1-27(25(32)30-26-29-18(16-36-26)15-35-19-9-3-2-4-10-19)17-28(31(33)34)22-13-7-5-11-20(22)24(27)21-12-6-8-14-23(21)28/h2-14,16,24H,15,17H2,1H3,(H,29,30,32). The molecule has 0 saturated carbocycles. The van der Waals surface area contributed by atoms with E-state index in [1.807, 2.05) is 91.2 Å². The Kier molecular flexibility index (Phi) is 5.15. The lowest BCUT2D eigenvalue weighted by atomic mass is 9.49. The van der Waals surface area contributed by atoms with Crippen LogP contribution in [0.2, 0.25) is 0 Å². The molecule has 4 aromatic rings. The van der Waals surface area contributed by atoms with Gasteiger partial charge in [0.25, 0.3) is 5.54 Å². The minimum atomic E-state index is -1.48. The molecule has 0 fully saturated rings. The highest BCUT2D eigenvalue weighted by Crippen LogP contribution is 2.64. The lowest BCUT2D eigenvalue weighted by Gasteiger charge is -2.52. The van der Waals surface area contributed by atoms with Crippen LogP contribution in [0.4, 0.5) is 5.13 Å². The third-order valence-corrected chi connectivity index (χ3v) is 8.23. The minimum Gasteiger partial charge on any atom is -0.487 e. The first-order chi connectivity index (χ1) is 17.4. The molecule has 2 bridgehead atoms. The number of benzene rings is 3. The summed E-state index contributed by atoms with van der Waals surface area (Å²) in [6, 6.07) is 24.4. The Balaban J connectivity index is 1.33. The molecule has 0 radical (unpaired) electrons. The van der Waals surface area contributed by atoms with Gasteiger partial charge in [0, 0.05) is 33.8 Å². The Bertz CT molecular complexity index is 1440. The number of hydrogen-bond donors (Lipinski definition) is 1. The number of hydrogen-bond acceptors (Lipinski definition) is 6. The van der Waals surface area contributed by atoms with E-state index in [-0.39, 0.29) is 29.8 Å². The van der Waals surface area contributed by atoms with E-state index < -0.39 is 11.0 Å². The monoisotopic (exact) mass is 497 g/mol. The van der Waals surface area contributed by atoms with E-state index in [9.17, 15) is 14.9 Å². The third-order valence-electron chi connectivity index (χ3n) is 7.43. The van der Waals surface area contributed by atoms with Gasteiger partial charge < -0.3 is 10.1 Å². The number of carbonyl (C=O) groups excluding carboxylic acids is 1. The Morgan fingerprint density at radius 3 is 2.31 bits per heavy atom. The number of thiazole rings is 1. The first-order valence-corrected chi connectivity index (χ1v) is 12.6. The lowest BCUT2D eigenvalue weighted by molar-refractivity contribution is -0.573. The summed E-state index contributed by atoms with van der Waals surface area (Å²) in [5.74, 6) is 0.171. The van der Waals surface area contributed by atoms with E-state index in [0.717, 1.165) is 16.9 Å². The molecule has 0 saturated heterocycles. The van der Waals surface area contributed by atoms with Crippen molar-refractivity contribution >= 4 is 22.4 Å². The lowest BCUT2D eigenvalue weighted by Crippen LogP contribution is -2.57. The van der Waals surface area contributed by atoms with Crippen molar-refractivity contribution in [2.45, 2.75) is 31.4 Å². The highest BCUT2D eigenvalue weighted by molar-refractivity contribution is 7.13. The van der Waals surface area contributed by atoms with Crippen molar-refractivity contribution in [3.8, 4) is 5.75 Å². The average Bonchev–Trinajstić information content (AvgIpc) is 3.35. The quantitative estimate of drug-likeness (QED) is 0.271. The van der Waals surface area contributed by atoms with Crippen LogP contribution in [-0.4, -0.2) is 15.8 Å². The van der Waals surface area contributed by atoms with Crippen molar-refractivity contribution in [2.24, 2.45) is 5.41 Å². The van der Waals surface area contributed by atoms with Crippen LogP contribution in [-0.2, 0) is 16.9 Å². The smallest absolute Gasteiger partial charge is 0.273 e. The number of nitrogens with zero attached hydrogens (tertiary/aromatic N) is 2. The fourth-order valence-electron chi connectivity index (χ4n) is 5.89. The molecule has 0 aliphatic heterocycles. The molecular weight excluding hydrogens is 474 g/mol. The summed E-state index contributed by atoms with van der Waals surface area (Å²) in [5, 5.41) is 18.0. The number of fused-ring (bicyclic) bond motifs is 1. The van der Waals surface area contributed by atoms with Crippen molar-refractivity contribution in [3.63, 3.8) is 0 Å². The van der Waals surface area contributed by atoms with Gasteiger partial charge in [-0.25, -0.2) is 4.98 Å². The van der Waals surface area contributed by atoms with Gasteiger partial charge >= 0.3 is 0 Å². The predicted molar refractivity (Wildman–Crippen MR) is 137 cm³/mol. The molecule has 3 aromatic carbocycles. The summed E-state index contributed by atoms with van der Waals surface area (Å²) in [4.78, 5) is 30.9. The van der Waals surface area contributed by atoms with Gasteiger partial charge in [-0.3, -0.25) is 14.9 Å². The van der Waals surface area contributed by atoms with E-state index >= 15 is 0 Å². The normalized spacial score (nSPS) is 23.4. The summed E-state index contributed by atoms with van der Waals surface area (Å²) in [6.45, 7) is 2.12. The molecule has 1 unspecified atom stereocenters. The Morgan fingerprint density at radius 1 is 1.06 bits per heavy atom. The van der Waals surface area contributed by atoms with Gasteiger partial charge in [0.05, 0.1) is 11.1 Å². The SMILES string of the molecule is CC1(C(=O)Nc2nc(COc3ccccc3)cs2)CC2([N+](=O)[O-])c3ccccc3C1c1ccccc12. The molecule has 180 valence electrons. The molecule has 0 spiro atoms. The first-order valence-electron chi connectivity index (χ1n) is 11.7. The molecule has 1 aromatic heterocycles. The Morgan fingerprint density at radius 2 is 1.67 bits per heavy atom. The first kappa shape index (κ1) is 22.4. The number of nitro groups is 1. The van der Waals surface area contributed by atoms with Crippen molar-refractivity contribution < 1.29 is 14.5 Å². The maximum atomic E-state index is 13.9. The van der Waals surface area contributed by atoms with Gasteiger partial charge in [-0.15, -0.1) is 11.3 Å². The van der Waals surface area contributed by atoms with E-state index in [2.05, 4.69) is 10.3 Å². The number of ether oxygens (including phenoxy) is 1. The van der Waals surface area contributed by atoms with Crippen molar-refractivity contribution in [3.05, 3.63) is 122 Å². The zero-order valence-corrected chi connectivity index (χ0v) is 20.3. The van der Waals surface area contributed by atoms with Gasteiger partial charge in [-0.1, -0.05) is 66.7 Å².